The molecule has 0 radical (unpaired) electrons. The fraction of sp³-hybridized carbons (Fsp3) is 0.259. The molecule has 1 aliphatic rings. The van der Waals surface area contributed by atoms with Crippen LogP contribution in [-0.2, 0) is 6.54 Å². The van der Waals surface area contributed by atoms with Crippen molar-refractivity contribution in [1.82, 2.24) is 14.9 Å². The van der Waals surface area contributed by atoms with Crippen LogP contribution >= 0.6 is 0 Å². The highest BCUT2D eigenvalue weighted by atomic mass is 16.3. The predicted octanol–water partition coefficient (Wildman–Crippen LogP) is 4.81. The smallest absolute Gasteiger partial charge is 0.156 e. The fourth-order valence-electron chi connectivity index (χ4n) is 4.63. The molecule has 3 heterocycles. The quantitative estimate of drug-likeness (QED) is 0.387. The number of nitrogen functional groups attached to an aromatic ring is 1. The minimum absolute atomic E-state index is 0.214. The van der Waals surface area contributed by atoms with Crippen molar-refractivity contribution in [3.8, 4) is 11.1 Å². The second kappa shape index (κ2) is 8.81. The maximum atomic E-state index is 9.79. The number of nitrogens with two attached hydrogens (primary N) is 1. The lowest BCUT2D eigenvalue weighted by molar-refractivity contribution is 0.175. The first-order chi connectivity index (χ1) is 16.0. The molecular weight excluding hydrogens is 410 g/mol. The van der Waals surface area contributed by atoms with Crippen molar-refractivity contribution >= 4 is 28.1 Å². The lowest BCUT2D eigenvalue weighted by Gasteiger charge is -2.17. The summed E-state index contributed by atoms with van der Waals surface area (Å²) in [6.45, 7) is 6.61. The molecule has 4 N–H and O–H groups in total. The van der Waals surface area contributed by atoms with Gasteiger partial charge in [0.1, 0.15) is 5.52 Å². The third-order valence-electron chi connectivity index (χ3n) is 6.56. The molecule has 1 saturated heterocycles. The molecule has 2 aromatic carbocycles. The number of likely N-dealkylation sites (tertiary alicyclic amines) is 1. The Morgan fingerprint density at radius 2 is 1.85 bits per heavy atom. The third kappa shape index (κ3) is 4.27. The van der Waals surface area contributed by atoms with Gasteiger partial charge in [0.2, 0.25) is 0 Å². The highest BCUT2D eigenvalue weighted by molar-refractivity contribution is 5.91. The van der Waals surface area contributed by atoms with E-state index in [4.69, 9.17) is 10.7 Å². The molecule has 4 aromatic rings. The molecule has 0 aliphatic carbocycles. The molecule has 0 saturated carbocycles. The van der Waals surface area contributed by atoms with E-state index < -0.39 is 0 Å². The summed E-state index contributed by atoms with van der Waals surface area (Å²) in [5.41, 5.74) is 14.4. The number of β-amino-alcohol motifs (C(OH)–C–C–N with tert-alkyl or cyclic N) is 1. The standard InChI is InChI=1S/C27H29N5O/c1-17-22(5-3-7-24(17)28)23-6-4-8-25(18(23)2)31-27-26-20(9-11-29-27)13-19(14-30-26)15-32-12-10-21(33)16-32/h3-9,11,13-14,21,33H,10,12,15-16,28H2,1-2H3,(H,29,31). The number of aromatic nitrogens is 2. The van der Waals surface area contributed by atoms with Crippen molar-refractivity contribution in [3.63, 3.8) is 0 Å². The van der Waals surface area contributed by atoms with Crippen LogP contribution in [0.2, 0.25) is 0 Å². The van der Waals surface area contributed by atoms with E-state index in [1.807, 2.05) is 30.6 Å². The van der Waals surface area contributed by atoms with E-state index in [-0.39, 0.29) is 6.10 Å². The Morgan fingerprint density at radius 1 is 1.06 bits per heavy atom. The third-order valence-corrected chi connectivity index (χ3v) is 6.56. The van der Waals surface area contributed by atoms with Crippen LogP contribution in [0.25, 0.3) is 22.0 Å². The number of pyridine rings is 2. The Bertz CT molecular complexity index is 1320. The van der Waals surface area contributed by atoms with Crippen LogP contribution in [0.4, 0.5) is 17.2 Å². The summed E-state index contributed by atoms with van der Waals surface area (Å²) in [6.07, 6.45) is 4.36. The highest BCUT2D eigenvalue weighted by Crippen LogP contribution is 2.34. The summed E-state index contributed by atoms with van der Waals surface area (Å²) in [4.78, 5) is 11.6. The van der Waals surface area contributed by atoms with E-state index in [2.05, 4.69) is 59.4 Å². The minimum atomic E-state index is -0.214. The first kappa shape index (κ1) is 21.4. The summed E-state index contributed by atoms with van der Waals surface area (Å²) in [5.74, 6) is 0.736. The van der Waals surface area contributed by atoms with E-state index in [9.17, 15) is 5.11 Å². The Morgan fingerprint density at radius 3 is 2.64 bits per heavy atom. The monoisotopic (exact) mass is 439 g/mol. The fourth-order valence-corrected chi connectivity index (χ4v) is 4.63. The Balaban J connectivity index is 1.45. The van der Waals surface area contributed by atoms with Gasteiger partial charge in [-0.25, -0.2) is 4.98 Å². The SMILES string of the molecule is Cc1c(N)cccc1-c1cccc(Nc2nccc3cc(CN4CCC(O)C4)cnc23)c1C. The normalized spacial score (nSPS) is 16.4. The van der Waals surface area contributed by atoms with E-state index in [0.717, 1.165) is 82.0 Å². The topological polar surface area (TPSA) is 87.3 Å². The molecule has 0 spiro atoms. The number of aliphatic hydroxyl groups is 1. The van der Waals surface area contributed by atoms with Crippen molar-refractivity contribution in [2.75, 3.05) is 24.1 Å². The van der Waals surface area contributed by atoms with Crippen molar-refractivity contribution in [2.45, 2.75) is 32.9 Å². The van der Waals surface area contributed by atoms with Crippen LogP contribution in [0.3, 0.4) is 0 Å². The van der Waals surface area contributed by atoms with Crippen molar-refractivity contribution in [2.24, 2.45) is 0 Å². The van der Waals surface area contributed by atoms with Crippen LogP contribution in [-0.4, -0.2) is 39.2 Å². The summed E-state index contributed by atoms with van der Waals surface area (Å²) in [6, 6.07) is 16.4. The summed E-state index contributed by atoms with van der Waals surface area (Å²) >= 11 is 0. The number of aliphatic hydroxyl groups excluding tert-OH is 1. The predicted molar refractivity (Wildman–Crippen MR) is 134 cm³/mol. The van der Waals surface area contributed by atoms with E-state index in [1.54, 1.807) is 0 Å². The summed E-state index contributed by atoms with van der Waals surface area (Å²) < 4.78 is 0. The highest BCUT2D eigenvalue weighted by Gasteiger charge is 2.20. The van der Waals surface area contributed by atoms with Crippen LogP contribution < -0.4 is 11.1 Å². The molecule has 1 fully saturated rings. The molecule has 0 bridgehead atoms. The number of nitrogens with zero attached hydrogens (tertiary/aromatic N) is 3. The zero-order valence-corrected chi connectivity index (χ0v) is 19.0. The van der Waals surface area contributed by atoms with E-state index in [1.165, 1.54) is 0 Å². The Hall–Kier alpha value is -3.48. The van der Waals surface area contributed by atoms with Gasteiger partial charge in [-0.3, -0.25) is 9.88 Å². The number of nitrogens with one attached hydrogen (secondary N) is 1. The first-order valence-corrected chi connectivity index (χ1v) is 11.4. The zero-order valence-electron chi connectivity index (χ0n) is 19.0. The van der Waals surface area contributed by atoms with Crippen LogP contribution in [0, 0.1) is 13.8 Å². The molecule has 1 unspecified atom stereocenters. The van der Waals surface area contributed by atoms with Gasteiger partial charge in [0.05, 0.1) is 6.10 Å². The number of hydrogen-bond acceptors (Lipinski definition) is 6. The molecule has 33 heavy (non-hydrogen) atoms. The van der Waals surface area contributed by atoms with Crippen molar-refractivity contribution in [1.29, 1.82) is 0 Å². The average Bonchev–Trinajstić information content (AvgIpc) is 3.22. The largest absolute Gasteiger partial charge is 0.398 e. The molecular formula is C27H29N5O. The maximum Gasteiger partial charge on any atom is 0.156 e. The van der Waals surface area contributed by atoms with Gasteiger partial charge in [0.15, 0.2) is 5.82 Å². The van der Waals surface area contributed by atoms with Crippen molar-refractivity contribution < 1.29 is 5.11 Å². The van der Waals surface area contributed by atoms with Crippen molar-refractivity contribution in [3.05, 3.63) is 77.6 Å². The van der Waals surface area contributed by atoms with Gasteiger partial charge in [-0.15, -0.1) is 0 Å². The second-order valence-electron chi connectivity index (χ2n) is 8.88. The molecule has 6 nitrogen and oxygen atoms in total. The Labute approximate surface area is 194 Å². The molecule has 2 aromatic heterocycles. The number of benzene rings is 2. The van der Waals surface area contributed by atoms with Gasteiger partial charge in [0, 0.05) is 48.8 Å². The van der Waals surface area contributed by atoms with E-state index in [0.29, 0.717) is 0 Å². The molecule has 1 atom stereocenters. The lowest BCUT2D eigenvalue weighted by Crippen LogP contribution is -2.21. The number of anilines is 3. The molecule has 1 aliphatic heterocycles. The lowest BCUT2D eigenvalue weighted by atomic mass is 9.95. The maximum absolute atomic E-state index is 9.79. The molecule has 168 valence electrons. The average molecular weight is 440 g/mol. The van der Waals surface area contributed by atoms with Crippen LogP contribution in [0.5, 0.6) is 0 Å². The molecule has 5 rings (SSSR count). The first-order valence-electron chi connectivity index (χ1n) is 11.4. The Kier molecular flexibility index (Phi) is 5.70. The van der Waals surface area contributed by atoms with Gasteiger partial charge in [-0.2, -0.15) is 0 Å². The number of rotatable bonds is 5. The van der Waals surface area contributed by atoms with Gasteiger partial charge in [0.25, 0.3) is 0 Å². The number of hydrogen-bond donors (Lipinski definition) is 3. The second-order valence-corrected chi connectivity index (χ2v) is 8.88. The van der Waals surface area contributed by atoms with E-state index >= 15 is 0 Å². The van der Waals surface area contributed by atoms with Gasteiger partial charge in [-0.1, -0.05) is 24.3 Å². The van der Waals surface area contributed by atoms with Gasteiger partial charge in [-0.05, 0) is 72.4 Å². The minimum Gasteiger partial charge on any atom is -0.398 e. The molecule has 0 amide bonds. The van der Waals surface area contributed by atoms with Crippen LogP contribution in [0.1, 0.15) is 23.1 Å². The molecule has 6 heteroatoms. The number of fused-ring (bicyclic) bond motifs is 1. The summed E-state index contributed by atoms with van der Waals surface area (Å²) in [5, 5.41) is 14.3. The van der Waals surface area contributed by atoms with Gasteiger partial charge >= 0.3 is 0 Å². The zero-order chi connectivity index (χ0) is 22.9. The summed E-state index contributed by atoms with van der Waals surface area (Å²) in [7, 11) is 0. The van der Waals surface area contributed by atoms with Gasteiger partial charge < -0.3 is 16.2 Å². The van der Waals surface area contributed by atoms with Crippen LogP contribution in [0.15, 0.2) is 60.9 Å².